The van der Waals surface area contributed by atoms with Gasteiger partial charge in [-0.1, -0.05) is 6.08 Å². The average Bonchev–Trinajstić information content (AvgIpc) is 2.65. The first-order chi connectivity index (χ1) is 6.38. The largest absolute Gasteiger partial charge is 0.385 e. The molecule has 0 aromatic heterocycles. The van der Waals surface area contributed by atoms with Gasteiger partial charge in [-0.25, -0.2) is 0 Å². The Morgan fingerprint density at radius 3 is 2.77 bits per heavy atom. The summed E-state index contributed by atoms with van der Waals surface area (Å²) in [6.07, 6.45) is 3.75. The summed E-state index contributed by atoms with van der Waals surface area (Å²) in [5.41, 5.74) is 0. The Morgan fingerprint density at radius 2 is 2.23 bits per heavy atom. The Hall–Kier alpha value is -0.380. The van der Waals surface area contributed by atoms with Gasteiger partial charge in [0.2, 0.25) is 0 Å². The van der Waals surface area contributed by atoms with E-state index in [4.69, 9.17) is 14.2 Å². The summed E-state index contributed by atoms with van der Waals surface area (Å²) >= 11 is 0. The molecule has 3 nitrogen and oxygen atoms in total. The standard InChI is InChI=1S/C10H18O3/c1-3-4-9(5-6-11-2)10-12-7-8-13-10/h3,9-10H,1,4-8H2,2H3. The third-order valence-corrected chi connectivity index (χ3v) is 2.19. The quantitative estimate of drug-likeness (QED) is 0.589. The third kappa shape index (κ3) is 3.46. The van der Waals surface area contributed by atoms with Gasteiger partial charge in [-0.2, -0.15) is 0 Å². The molecule has 0 spiro atoms. The Morgan fingerprint density at radius 1 is 1.54 bits per heavy atom. The minimum atomic E-state index is -0.0480. The second-order valence-corrected chi connectivity index (χ2v) is 3.18. The zero-order chi connectivity index (χ0) is 9.52. The molecule has 13 heavy (non-hydrogen) atoms. The molecule has 1 heterocycles. The van der Waals surface area contributed by atoms with Crippen molar-refractivity contribution in [3.63, 3.8) is 0 Å². The molecule has 76 valence electrons. The second-order valence-electron chi connectivity index (χ2n) is 3.18. The molecule has 0 N–H and O–H groups in total. The molecule has 0 amide bonds. The lowest BCUT2D eigenvalue weighted by atomic mass is 10.0. The van der Waals surface area contributed by atoms with Crippen LogP contribution in [0, 0.1) is 5.92 Å². The van der Waals surface area contributed by atoms with Crippen LogP contribution in [0.25, 0.3) is 0 Å². The summed E-state index contributed by atoms with van der Waals surface area (Å²) in [5.74, 6) is 0.389. The van der Waals surface area contributed by atoms with Crippen LogP contribution in [0.3, 0.4) is 0 Å². The van der Waals surface area contributed by atoms with Gasteiger partial charge in [-0.05, 0) is 12.8 Å². The molecule has 1 fully saturated rings. The number of allylic oxidation sites excluding steroid dienone is 1. The van der Waals surface area contributed by atoms with Gasteiger partial charge in [0.15, 0.2) is 6.29 Å². The molecule has 1 aliphatic heterocycles. The van der Waals surface area contributed by atoms with E-state index in [1.165, 1.54) is 0 Å². The first kappa shape index (κ1) is 10.7. The van der Waals surface area contributed by atoms with Gasteiger partial charge in [0.05, 0.1) is 13.2 Å². The number of hydrogen-bond donors (Lipinski definition) is 0. The van der Waals surface area contributed by atoms with E-state index in [0.717, 1.165) is 19.4 Å². The highest BCUT2D eigenvalue weighted by Gasteiger charge is 2.25. The lowest BCUT2D eigenvalue weighted by Gasteiger charge is -2.20. The lowest BCUT2D eigenvalue weighted by Crippen LogP contribution is -2.22. The van der Waals surface area contributed by atoms with Crippen molar-refractivity contribution in [3.05, 3.63) is 12.7 Å². The fourth-order valence-electron chi connectivity index (χ4n) is 1.50. The van der Waals surface area contributed by atoms with Crippen LogP contribution < -0.4 is 0 Å². The molecule has 0 aliphatic carbocycles. The van der Waals surface area contributed by atoms with E-state index in [1.807, 2.05) is 6.08 Å². The highest BCUT2D eigenvalue weighted by atomic mass is 16.7. The van der Waals surface area contributed by atoms with Crippen LogP contribution in [0.5, 0.6) is 0 Å². The maximum Gasteiger partial charge on any atom is 0.160 e. The molecule has 0 radical (unpaired) electrons. The van der Waals surface area contributed by atoms with E-state index < -0.39 is 0 Å². The predicted octanol–water partition coefficient (Wildman–Crippen LogP) is 1.59. The summed E-state index contributed by atoms with van der Waals surface area (Å²) in [7, 11) is 1.71. The van der Waals surface area contributed by atoms with Crippen molar-refractivity contribution in [1.82, 2.24) is 0 Å². The van der Waals surface area contributed by atoms with E-state index in [0.29, 0.717) is 19.1 Å². The molecule has 0 aromatic carbocycles. The van der Waals surface area contributed by atoms with Crippen LogP contribution in [-0.2, 0) is 14.2 Å². The second kappa shape index (κ2) is 6.13. The molecule has 0 bridgehead atoms. The van der Waals surface area contributed by atoms with Crippen molar-refractivity contribution >= 4 is 0 Å². The Labute approximate surface area is 79.7 Å². The number of hydrogen-bond acceptors (Lipinski definition) is 3. The Bertz CT molecular complexity index is 141. The molecule has 1 saturated heterocycles. The van der Waals surface area contributed by atoms with Gasteiger partial charge in [-0.15, -0.1) is 6.58 Å². The zero-order valence-electron chi connectivity index (χ0n) is 8.20. The number of ether oxygens (including phenoxy) is 3. The third-order valence-electron chi connectivity index (χ3n) is 2.19. The van der Waals surface area contributed by atoms with E-state index >= 15 is 0 Å². The van der Waals surface area contributed by atoms with Crippen LogP contribution in [0.2, 0.25) is 0 Å². The van der Waals surface area contributed by atoms with Gasteiger partial charge in [0, 0.05) is 19.6 Å². The summed E-state index contributed by atoms with van der Waals surface area (Å²) in [4.78, 5) is 0. The van der Waals surface area contributed by atoms with Crippen LogP contribution in [0.15, 0.2) is 12.7 Å². The first-order valence-corrected chi connectivity index (χ1v) is 4.71. The molecular weight excluding hydrogens is 168 g/mol. The molecular formula is C10H18O3. The van der Waals surface area contributed by atoms with Gasteiger partial charge >= 0.3 is 0 Å². The predicted molar refractivity (Wildman–Crippen MR) is 50.5 cm³/mol. The Kier molecular flexibility index (Phi) is 5.05. The van der Waals surface area contributed by atoms with Crippen molar-refractivity contribution in [2.24, 2.45) is 5.92 Å². The first-order valence-electron chi connectivity index (χ1n) is 4.71. The monoisotopic (exact) mass is 186 g/mol. The van der Waals surface area contributed by atoms with Crippen LogP contribution in [0.4, 0.5) is 0 Å². The van der Waals surface area contributed by atoms with Gasteiger partial charge in [0.1, 0.15) is 0 Å². The van der Waals surface area contributed by atoms with Crippen LogP contribution >= 0.6 is 0 Å². The van der Waals surface area contributed by atoms with Crippen molar-refractivity contribution < 1.29 is 14.2 Å². The summed E-state index contributed by atoms with van der Waals surface area (Å²) in [6, 6.07) is 0. The fraction of sp³-hybridized carbons (Fsp3) is 0.800. The maximum atomic E-state index is 5.44. The average molecular weight is 186 g/mol. The van der Waals surface area contributed by atoms with Gasteiger partial charge in [0.25, 0.3) is 0 Å². The van der Waals surface area contributed by atoms with Crippen LogP contribution in [-0.4, -0.2) is 33.2 Å². The highest BCUT2D eigenvalue weighted by Crippen LogP contribution is 2.21. The summed E-state index contributed by atoms with van der Waals surface area (Å²) in [6.45, 7) is 5.91. The van der Waals surface area contributed by atoms with Gasteiger partial charge < -0.3 is 14.2 Å². The molecule has 1 rings (SSSR count). The topological polar surface area (TPSA) is 27.7 Å². The summed E-state index contributed by atoms with van der Waals surface area (Å²) in [5, 5.41) is 0. The number of methoxy groups -OCH3 is 1. The van der Waals surface area contributed by atoms with Crippen LogP contribution in [0.1, 0.15) is 12.8 Å². The van der Waals surface area contributed by atoms with Crippen molar-refractivity contribution in [1.29, 1.82) is 0 Å². The maximum absolute atomic E-state index is 5.44. The van der Waals surface area contributed by atoms with E-state index in [1.54, 1.807) is 7.11 Å². The smallest absolute Gasteiger partial charge is 0.160 e. The van der Waals surface area contributed by atoms with E-state index in [-0.39, 0.29) is 6.29 Å². The van der Waals surface area contributed by atoms with Crippen molar-refractivity contribution in [2.75, 3.05) is 26.9 Å². The zero-order valence-corrected chi connectivity index (χ0v) is 8.20. The number of rotatable bonds is 6. The fourth-order valence-corrected chi connectivity index (χ4v) is 1.50. The SMILES string of the molecule is C=CCC(CCOC)C1OCCO1. The normalized spacial score (nSPS) is 20.4. The minimum absolute atomic E-state index is 0.0480. The van der Waals surface area contributed by atoms with Crippen molar-refractivity contribution in [3.8, 4) is 0 Å². The molecule has 1 aliphatic rings. The Balaban J connectivity index is 2.30. The van der Waals surface area contributed by atoms with Gasteiger partial charge in [-0.3, -0.25) is 0 Å². The lowest BCUT2D eigenvalue weighted by molar-refractivity contribution is -0.0883. The molecule has 1 atom stereocenters. The van der Waals surface area contributed by atoms with E-state index in [2.05, 4.69) is 6.58 Å². The minimum Gasteiger partial charge on any atom is -0.385 e. The molecule has 0 saturated carbocycles. The molecule has 3 heteroatoms. The van der Waals surface area contributed by atoms with Crippen molar-refractivity contribution in [2.45, 2.75) is 19.1 Å². The summed E-state index contributed by atoms with van der Waals surface area (Å²) < 4.78 is 15.9. The molecule has 0 aromatic rings. The molecule has 1 unspecified atom stereocenters. The van der Waals surface area contributed by atoms with E-state index in [9.17, 15) is 0 Å². The highest BCUT2D eigenvalue weighted by molar-refractivity contribution is 4.76.